The van der Waals surface area contributed by atoms with Crippen molar-refractivity contribution in [2.24, 2.45) is 0 Å². The van der Waals surface area contributed by atoms with Crippen LogP contribution >= 0.6 is 0 Å². The van der Waals surface area contributed by atoms with Crippen LogP contribution in [0.4, 0.5) is 4.39 Å². The third-order valence-electron chi connectivity index (χ3n) is 2.50. The quantitative estimate of drug-likeness (QED) is 0.724. The molecule has 16 heavy (non-hydrogen) atoms. The second-order valence-corrected chi connectivity index (χ2v) is 3.72. The molecule has 0 aliphatic carbocycles. The number of halogens is 1. The Hall–Kier alpha value is -1.90. The van der Waals surface area contributed by atoms with Crippen LogP contribution in [0, 0.1) is 19.7 Å². The number of rotatable bonds is 2. The van der Waals surface area contributed by atoms with E-state index in [9.17, 15) is 9.18 Å². The fourth-order valence-corrected chi connectivity index (χ4v) is 1.61. The summed E-state index contributed by atoms with van der Waals surface area (Å²) in [6.45, 7) is 3.50. The van der Waals surface area contributed by atoms with Crippen LogP contribution in [-0.2, 0) is 0 Å². The van der Waals surface area contributed by atoms with Crippen LogP contribution in [0.5, 0.6) is 0 Å². The average molecular weight is 218 g/mol. The molecule has 0 N–H and O–H groups in total. The zero-order valence-corrected chi connectivity index (χ0v) is 9.08. The van der Waals surface area contributed by atoms with Gasteiger partial charge >= 0.3 is 0 Å². The van der Waals surface area contributed by atoms with E-state index in [4.69, 9.17) is 4.42 Å². The minimum atomic E-state index is -0.342. The Balaban J connectivity index is 2.46. The molecule has 0 saturated carbocycles. The summed E-state index contributed by atoms with van der Waals surface area (Å²) in [5, 5.41) is 0. The molecule has 2 nitrogen and oxygen atoms in total. The molecule has 1 heterocycles. The molecule has 1 aromatic carbocycles. The Morgan fingerprint density at radius 3 is 2.50 bits per heavy atom. The van der Waals surface area contributed by atoms with Crippen LogP contribution in [0.3, 0.4) is 0 Å². The van der Waals surface area contributed by atoms with Crippen molar-refractivity contribution in [3.05, 3.63) is 58.8 Å². The van der Waals surface area contributed by atoms with Gasteiger partial charge in [0.2, 0.25) is 5.78 Å². The highest BCUT2D eigenvalue weighted by Gasteiger charge is 2.17. The normalized spacial score (nSPS) is 10.4. The molecule has 0 fully saturated rings. The van der Waals surface area contributed by atoms with Gasteiger partial charge in [0, 0.05) is 5.56 Å². The van der Waals surface area contributed by atoms with E-state index in [0.717, 1.165) is 5.56 Å². The molecule has 0 saturated heterocycles. The SMILES string of the molecule is Cc1cc(F)ccc1C(=O)c1occc1C. The Kier molecular flexibility index (Phi) is 2.60. The zero-order chi connectivity index (χ0) is 11.7. The summed E-state index contributed by atoms with van der Waals surface area (Å²) in [6.07, 6.45) is 1.47. The maximum Gasteiger partial charge on any atom is 0.228 e. The Bertz CT molecular complexity index is 541. The number of carbonyl (C=O) groups excluding carboxylic acids is 1. The van der Waals surface area contributed by atoms with E-state index in [1.54, 1.807) is 19.9 Å². The van der Waals surface area contributed by atoms with Crippen molar-refractivity contribution in [3.63, 3.8) is 0 Å². The predicted octanol–water partition coefficient (Wildman–Crippen LogP) is 3.27. The van der Waals surface area contributed by atoms with Crippen molar-refractivity contribution < 1.29 is 13.6 Å². The lowest BCUT2D eigenvalue weighted by molar-refractivity contribution is 0.101. The Morgan fingerprint density at radius 2 is 1.94 bits per heavy atom. The van der Waals surface area contributed by atoms with Crippen molar-refractivity contribution in [1.82, 2.24) is 0 Å². The first-order chi connectivity index (χ1) is 7.59. The molecular weight excluding hydrogens is 207 g/mol. The van der Waals surface area contributed by atoms with E-state index in [-0.39, 0.29) is 11.6 Å². The molecule has 0 radical (unpaired) electrons. The maximum atomic E-state index is 12.9. The molecule has 0 unspecified atom stereocenters. The van der Waals surface area contributed by atoms with E-state index in [1.807, 2.05) is 0 Å². The third kappa shape index (κ3) is 1.76. The second kappa shape index (κ2) is 3.93. The van der Waals surface area contributed by atoms with Gasteiger partial charge < -0.3 is 4.42 Å². The fourth-order valence-electron chi connectivity index (χ4n) is 1.61. The topological polar surface area (TPSA) is 30.2 Å². The fraction of sp³-hybridized carbons (Fsp3) is 0.154. The molecule has 0 amide bonds. The van der Waals surface area contributed by atoms with Gasteiger partial charge in [0.1, 0.15) is 5.82 Å². The highest BCUT2D eigenvalue weighted by molar-refractivity contribution is 6.08. The van der Waals surface area contributed by atoms with Gasteiger partial charge in [-0.25, -0.2) is 4.39 Å². The molecule has 0 aliphatic heterocycles. The highest BCUT2D eigenvalue weighted by Crippen LogP contribution is 2.18. The Morgan fingerprint density at radius 1 is 1.19 bits per heavy atom. The minimum absolute atomic E-state index is 0.208. The summed E-state index contributed by atoms with van der Waals surface area (Å²) in [5.41, 5.74) is 1.87. The smallest absolute Gasteiger partial charge is 0.228 e. The summed E-state index contributed by atoms with van der Waals surface area (Å²) in [4.78, 5) is 12.0. The number of ketones is 1. The van der Waals surface area contributed by atoms with Crippen molar-refractivity contribution in [2.45, 2.75) is 13.8 Å². The first kappa shape index (κ1) is 10.6. The molecular formula is C13H11FO2. The number of carbonyl (C=O) groups is 1. The molecule has 0 aliphatic rings. The number of hydrogen-bond acceptors (Lipinski definition) is 2. The summed E-state index contributed by atoms with van der Waals surface area (Å²) >= 11 is 0. The standard InChI is InChI=1S/C13H11FO2/c1-8-5-6-16-13(8)12(15)11-4-3-10(14)7-9(11)2/h3-7H,1-2H3. The van der Waals surface area contributed by atoms with E-state index in [2.05, 4.69) is 0 Å². The minimum Gasteiger partial charge on any atom is -0.461 e. The second-order valence-electron chi connectivity index (χ2n) is 3.72. The molecule has 2 rings (SSSR count). The first-order valence-electron chi connectivity index (χ1n) is 4.94. The van der Waals surface area contributed by atoms with Crippen LogP contribution in [-0.4, -0.2) is 5.78 Å². The van der Waals surface area contributed by atoms with Gasteiger partial charge in [0.15, 0.2) is 5.76 Å². The van der Waals surface area contributed by atoms with E-state index in [1.165, 1.54) is 24.5 Å². The molecule has 0 bridgehead atoms. The van der Waals surface area contributed by atoms with Gasteiger partial charge in [-0.15, -0.1) is 0 Å². The number of aryl methyl sites for hydroxylation is 2. The van der Waals surface area contributed by atoms with Gasteiger partial charge in [0.05, 0.1) is 6.26 Å². The van der Waals surface area contributed by atoms with Crippen LogP contribution in [0.25, 0.3) is 0 Å². The lowest BCUT2D eigenvalue weighted by Gasteiger charge is -2.03. The number of hydrogen-bond donors (Lipinski definition) is 0. The van der Waals surface area contributed by atoms with Crippen molar-refractivity contribution >= 4 is 5.78 Å². The summed E-state index contributed by atoms with van der Waals surface area (Å²) in [7, 11) is 0. The van der Waals surface area contributed by atoms with Gasteiger partial charge in [-0.05, 0) is 49.2 Å². The summed E-state index contributed by atoms with van der Waals surface area (Å²) in [5.74, 6) is -0.236. The van der Waals surface area contributed by atoms with Crippen LogP contribution in [0.2, 0.25) is 0 Å². The largest absolute Gasteiger partial charge is 0.461 e. The van der Waals surface area contributed by atoms with Gasteiger partial charge in [-0.1, -0.05) is 0 Å². The van der Waals surface area contributed by atoms with Crippen LogP contribution in [0.15, 0.2) is 34.9 Å². The third-order valence-corrected chi connectivity index (χ3v) is 2.50. The van der Waals surface area contributed by atoms with Crippen molar-refractivity contribution in [1.29, 1.82) is 0 Å². The number of benzene rings is 1. The first-order valence-corrected chi connectivity index (χ1v) is 4.94. The lowest BCUT2D eigenvalue weighted by atomic mass is 10.0. The highest BCUT2D eigenvalue weighted by atomic mass is 19.1. The van der Waals surface area contributed by atoms with Gasteiger partial charge in [-0.3, -0.25) is 4.79 Å². The molecule has 2 aromatic rings. The van der Waals surface area contributed by atoms with Crippen molar-refractivity contribution in [3.8, 4) is 0 Å². The molecule has 82 valence electrons. The Labute approximate surface area is 92.7 Å². The lowest BCUT2D eigenvalue weighted by Crippen LogP contribution is -2.04. The maximum absolute atomic E-state index is 12.9. The molecule has 1 aromatic heterocycles. The summed E-state index contributed by atoms with van der Waals surface area (Å²) in [6, 6.07) is 5.82. The average Bonchev–Trinajstić information content (AvgIpc) is 2.63. The van der Waals surface area contributed by atoms with Crippen LogP contribution < -0.4 is 0 Å². The van der Waals surface area contributed by atoms with Gasteiger partial charge in [-0.2, -0.15) is 0 Å². The zero-order valence-electron chi connectivity index (χ0n) is 9.08. The van der Waals surface area contributed by atoms with E-state index in [0.29, 0.717) is 16.9 Å². The van der Waals surface area contributed by atoms with E-state index >= 15 is 0 Å². The molecule has 3 heteroatoms. The predicted molar refractivity (Wildman–Crippen MR) is 58.0 cm³/mol. The van der Waals surface area contributed by atoms with Crippen molar-refractivity contribution in [2.75, 3.05) is 0 Å². The van der Waals surface area contributed by atoms with E-state index < -0.39 is 0 Å². The monoisotopic (exact) mass is 218 g/mol. The van der Waals surface area contributed by atoms with Crippen LogP contribution in [0.1, 0.15) is 27.2 Å². The van der Waals surface area contributed by atoms with Gasteiger partial charge in [0.25, 0.3) is 0 Å². The molecule has 0 atom stereocenters. The molecule has 0 spiro atoms. The number of furan rings is 1. The summed E-state index contributed by atoms with van der Waals surface area (Å²) < 4.78 is 18.0.